The maximum absolute atomic E-state index is 11.2. The van der Waals surface area contributed by atoms with Crippen LogP contribution in [0, 0.1) is 0 Å². The van der Waals surface area contributed by atoms with Crippen molar-refractivity contribution in [2.24, 2.45) is 0 Å². The first-order valence-electron chi connectivity index (χ1n) is 4.36. The maximum atomic E-state index is 11.2. The topological polar surface area (TPSA) is 58.6 Å². The van der Waals surface area contributed by atoms with E-state index in [1.807, 2.05) is 6.92 Å². The highest BCUT2D eigenvalue weighted by molar-refractivity contribution is 5.94. The molecule has 0 fully saturated rings. The van der Waals surface area contributed by atoms with Crippen LogP contribution in [0.2, 0.25) is 0 Å². The Labute approximate surface area is 82.5 Å². The molecule has 1 rings (SSSR count). The molecule has 0 aromatic heterocycles. The van der Waals surface area contributed by atoms with E-state index in [4.69, 9.17) is 4.74 Å². The molecule has 1 amide bonds. The lowest BCUT2D eigenvalue weighted by molar-refractivity contribution is 0.0962. The number of nitrogens with one attached hydrogen (secondary N) is 1. The van der Waals surface area contributed by atoms with Crippen LogP contribution in [-0.2, 0) is 0 Å². The number of aromatic hydroxyl groups is 1. The van der Waals surface area contributed by atoms with Crippen molar-refractivity contribution in [3.05, 3.63) is 23.8 Å². The number of phenols is 1. The van der Waals surface area contributed by atoms with Crippen LogP contribution in [0.15, 0.2) is 18.2 Å². The van der Waals surface area contributed by atoms with Crippen molar-refractivity contribution in [2.75, 3.05) is 13.7 Å². The highest BCUT2D eigenvalue weighted by atomic mass is 16.5. The number of rotatable bonds is 3. The number of amides is 1. The SMILES string of the molecule is CCOc1cc(O)cc(C(=O)NC)c1. The zero-order valence-corrected chi connectivity index (χ0v) is 8.20. The van der Waals surface area contributed by atoms with Gasteiger partial charge in [0.2, 0.25) is 0 Å². The van der Waals surface area contributed by atoms with Crippen LogP contribution < -0.4 is 10.1 Å². The molecule has 0 aliphatic carbocycles. The minimum atomic E-state index is -0.248. The number of carbonyl (C=O) groups excluding carboxylic acids is 1. The van der Waals surface area contributed by atoms with Gasteiger partial charge in [-0.25, -0.2) is 0 Å². The largest absolute Gasteiger partial charge is 0.508 e. The van der Waals surface area contributed by atoms with Gasteiger partial charge in [0.1, 0.15) is 11.5 Å². The molecule has 0 bridgehead atoms. The normalized spacial score (nSPS) is 9.57. The summed E-state index contributed by atoms with van der Waals surface area (Å²) in [6.45, 7) is 2.33. The third kappa shape index (κ3) is 2.39. The lowest BCUT2D eigenvalue weighted by Crippen LogP contribution is -2.17. The average molecular weight is 195 g/mol. The minimum absolute atomic E-state index is 0.0227. The van der Waals surface area contributed by atoms with Crippen molar-refractivity contribution in [1.29, 1.82) is 0 Å². The van der Waals surface area contributed by atoms with E-state index in [0.29, 0.717) is 17.9 Å². The van der Waals surface area contributed by atoms with Crippen LogP contribution in [0.1, 0.15) is 17.3 Å². The monoisotopic (exact) mass is 195 g/mol. The third-order valence-electron chi connectivity index (χ3n) is 1.69. The fraction of sp³-hybridized carbons (Fsp3) is 0.300. The molecule has 4 heteroatoms. The first kappa shape index (κ1) is 10.4. The van der Waals surface area contributed by atoms with Gasteiger partial charge in [0.15, 0.2) is 0 Å². The Morgan fingerprint density at radius 2 is 2.21 bits per heavy atom. The fourth-order valence-corrected chi connectivity index (χ4v) is 1.11. The molecule has 4 nitrogen and oxygen atoms in total. The van der Waals surface area contributed by atoms with Gasteiger partial charge >= 0.3 is 0 Å². The van der Waals surface area contributed by atoms with Crippen LogP contribution >= 0.6 is 0 Å². The Morgan fingerprint density at radius 1 is 1.50 bits per heavy atom. The van der Waals surface area contributed by atoms with Crippen LogP contribution in [0.3, 0.4) is 0 Å². The Bertz CT molecular complexity index is 336. The Balaban J connectivity index is 3.00. The van der Waals surface area contributed by atoms with Crippen molar-refractivity contribution in [2.45, 2.75) is 6.92 Å². The molecule has 1 aromatic carbocycles. The van der Waals surface area contributed by atoms with Crippen LogP contribution in [0.25, 0.3) is 0 Å². The molecular weight excluding hydrogens is 182 g/mol. The molecule has 0 aliphatic rings. The second-order valence-corrected chi connectivity index (χ2v) is 2.73. The summed E-state index contributed by atoms with van der Waals surface area (Å²) >= 11 is 0. The molecule has 0 heterocycles. The molecule has 2 N–H and O–H groups in total. The average Bonchev–Trinajstić information content (AvgIpc) is 2.16. The summed E-state index contributed by atoms with van der Waals surface area (Å²) in [6.07, 6.45) is 0. The van der Waals surface area contributed by atoms with Gasteiger partial charge in [-0.15, -0.1) is 0 Å². The lowest BCUT2D eigenvalue weighted by atomic mass is 10.2. The van der Waals surface area contributed by atoms with Crippen molar-refractivity contribution >= 4 is 5.91 Å². The molecule has 76 valence electrons. The van der Waals surface area contributed by atoms with Crippen molar-refractivity contribution < 1.29 is 14.6 Å². The van der Waals surface area contributed by atoms with Gasteiger partial charge in [-0.05, 0) is 19.1 Å². The van der Waals surface area contributed by atoms with E-state index in [2.05, 4.69) is 5.32 Å². The van der Waals surface area contributed by atoms with Crippen molar-refractivity contribution in [3.8, 4) is 11.5 Å². The standard InChI is InChI=1S/C10H13NO3/c1-3-14-9-5-7(10(13)11-2)4-8(12)6-9/h4-6,12H,3H2,1-2H3,(H,11,13). The molecule has 1 aromatic rings. The predicted octanol–water partition coefficient (Wildman–Crippen LogP) is 1.15. The van der Waals surface area contributed by atoms with E-state index < -0.39 is 0 Å². The molecule has 0 radical (unpaired) electrons. The number of hydrogen-bond acceptors (Lipinski definition) is 3. The lowest BCUT2D eigenvalue weighted by Gasteiger charge is -2.06. The summed E-state index contributed by atoms with van der Waals surface area (Å²) in [4.78, 5) is 11.2. The molecule has 0 aliphatic heterocycles. The number of hydrogen-bond donors (Lipinski definition) is 2. The van der Waals surface area contributed by atoms with Crippen LogP contribution in [0.4, 0.5) is 0 Å². The first-order chi connectivity index (χ1) is 6.67. The summed E-state index contributed by atoms with van der Waals surface area (Å²) in [5.74, 6) is 0.266. The van der Waals surface area contributed by atoms with E-state index in [1.54, 1.807) is 6.07 Å². The van der Waals surface area contributed by atoms with Gasteiger partial charge in [0.05, 0.1) is 6.61 Å². The summed E-state index contributed by atoms with van der Waals surface area (Å²) in [6, 6.07) is 4.44. The summed E-state index contributed by atoms with van der Waals surface area (Å²) in [7, 11) is 1.53. The Morgan fingerprint density at radius 3 is 2.79 bits per heavy atom. The van der Waals surface area contributed by atoms with Gasteiger partial charge in [-0.1, -0.05) is 0 Å². The minimum Gasteiger partial charge on any atom is -0.508 e. The number of phenolic OH excluding ortho intramolecular Hbond substituents is 1. The van der Waals surface area contributed by atoms with Crippen molar-refractivity contribution in [1.82, 2.24) is 5.32 Å². The fourth-order valence-electron chi connectivity index (χ4n) is 1.11. The van der Waals surface area contributed by atoms with Crippen LogP contribution in [0.5, 0.6) is 11.5 Å². The third-order valence-corrected chi connectivity index (χ3v) is 1.69. The molecule has 0 saturated heterocycles. The van der Waals surface area contributed by atoms with Gasteiger partial charge in [0, 0.05) is 18.7 Å². The van der Waals surface area contributed by atoms with Crippen LogP contribution in [-0.4, -0.2) is 24.7 Å². The summed E-state index contributed by atoms with van der Waals surface area (Å²) in [5.41, 5.74) is 0.385. The molecule has 0 saturated carbocycles. The van der Waals surface area contributed by atoms with E-state index in [0.717, 1.165) is 0 Å². The Hall–Kier alpha value is -1.71. The van der Waals surface area contributed by atoms with E-state index in [-0.39, 0.29) is 11.7 Å². The van der Waals surface area contributed by atoms with Gasteiger partial charge in [-0.2, -0.15) is 0 Å². The zero-order chi connectivity index (χ0) is 10.6. The summed E-state index contributed by atoms with van der Waals surface area (Å²) in [5, 5.41) is 11.8. The molecule has 0 atom stereocenters. The quantitative estimate of drug-likeness (QED) is 0.760. The smallest absolute Gasteiger partial charge is 0.251 e. The first-order valence-corrected chi connectivity index (χ1v) is 4.36. The molecule has 14 heavy (non-hydrogen) atoms. The highest BCUT2D eigenvalue weighted by Gasteiger charge is 2.06. The molecule has 0 spiro atoms. The maximum Gasteiger partial charge on any atom is 0.251 e. The number of benzene rings is 1. The van der Waals surface area contributed by atoms with E-state index in [9.17, 15) is 9.90 Å². The predicted molar refractivity (Wildman–Crippen MR) is 52.7 cm³/mol. The van der Waals surface area contributed by atoms with Gasteiger partial charge < -0.3 is 15.2 Å². The molecular formula is C10H13NO3. The number of carbonyl (C=O) groups is 1. The van der Waals surface area contributed by atoms with Gasteiger partial charge in [0.25, 0.3) is 5.91 Å². The number of ether oxygens (including phenoxy) is 1. The van der Waals surface area contributed by atoms with E-state index >= 15 is 0 Å². The summed E-state index contributed by atoms with van der Waals surface area (Å²) < 4.78 is 5.18. The second-order valence-electron chi connectivity index (χ2n) is 2.73. The van der Waals surface area contributed by atoms with Crippen molar-refractivity contribution in [3.63, 3.8) is 0 Å². The molecule has 0 unspecified atom stereocenters. The second kappa shape index (κ2) is 4.50. The Kier molecular flexibility index (Phi) is 3.34. The van der Waals surface area contributed by atoms with Gasteiger partial charge in [-0.3, -0.25) is 4.79 Å². The highest BCUT2D eigenvalue weighted by Crippen LogP contribution is 2.21. The zero-order valence-electron chi connectivity index (χ0n) is 8.20. The van der Waals surface area contributed by atoms with E-state index in [1.165, 1.54) is 19.2 Å².